The first-order valence-electron chi connectivity index (χ1n) is 11.5. The third-order valence-corrected chi connectivity index (χ3v) is 5.99. The van der Waals surface area contributed by atoms with Gasteiger partial charge in [-0.1, -0.05) is 24.3 Å². The monoisotopic (exact) mass is 486 g/mol. The molecular weight excluding hydrogens is 456 g/mol. The number of anilines is 2. The first kappa shape index (κ1) is 26.2. The minimum Gasteiger partial charge on any atom is -0.343 e. The van der Waals surface area contributed by atoms with Crippen LogP contribution in [0.1, 0.15) is 43.0 Å². The summed E-state index contributed by atoms with van der Waals surface area (Å²) in [6.45, 7) is 7.36. The Morgan fingerprint density at radius 1 is 0.556 bits per heavy atom. The van der Waals surface area contributed by atoms with Crippen molar-refractivity contribution in [1.82, 2.24) is 10.6 Å². The van der Waals surface area contributed by atoms with Crippen molar-refractivity contribution in [2.24, 2.45) is 0 Å². The van der Waals surface area contributed by atoms with E-state index in [4.69, 9.17) is 0 Å². The Bertz CT molecular complexity index is 1200. The summed E-state index contributed by atoms with van der Waals surface area (Å²) >= 11 is 0. The standard InChI is InChI=1S/C28H30N4O4/c1-17-7-5-9-23(19(17)3)31-25(33)15-29-27(35)21-11-13-22(14-12-21)28(36)30-16-26(34)32-24-10-6-8-18(2)20(24)4/h5-14H,15-16H2,1-4H3,(H,29,35)(H,30,36)(H,31,33)(H,32,34). The summed E-state index contributed by atoms with van der Waals surface area (Å²) in [6, 6.07) is 17.2. The number of hydrogen-bond acceptors (Lipinski definition) is 4. The van der Waals surface area contributed by atoms with Crippen LogP contribution in [0.3, 0.4) is 0 Å². The third-order valence-electron chi connectivity index (χ3n) is 5.99. The van der Waals surface area contributed by atoms with Crippen LogP contribution < -0.4 is 21.3 Å². The number of nitrogens with one attached hydrogen (secondary N) is 4. The van der Waals surface area contributed by atoms with Gasteiger partial charge in [-0.25, -0.2) is 0 Å². The van der Waals surface area contributed by atoms with Crippen LogP contribution in [0.25, 0.3) is 0 Å². The van der Waals surface area contributed by atoms with Gasteiger partial charge in [0, 0.05) is 22.5 Å². The topological polar surface area (TPSA) is 116 Å². The Balaban J connectivity index is 1.47. The molecule has 0 aliphatic rings. The minimum absolute atomic E-state index is 0.190. The lowest BCUT2D eigenvalue weighted by molar-refractivity contribution is -0.116. The molecule has 0 fully saturated rings. The fourth-order valence-corrected chi connectivity index (χ4v) is 3.46. The van der Waals surface area contributed by atoms with E-state index in [9.17, 15) is 19.2 Å². The van der Waals surface area contributed by atoms with Crippen LogP contribution in [0.15, 0.2) is 60.7 Å². The summed E-state index contributed by atoms with van der Waals surface area (Å²) in [7, 11) is 0. The molecule has 4 N–H and O–H groups in total. The van der Waals surface area contributed by atoms with Crippen LogP contribution in [0.5, 0.6) is 0 Å². The predicted octanol–water partition coefficient (Wildman–Crippen LogP) is 3.66. The maximum absolute atomic E-state index is 12.4. The van der Waals surface area contributed by atoms with E-state index in [1.165, 1.54) is 24.3 Å². The van der Waals surface area contributed by atoms with Crippen molar-refractivity contribution < 1.29 is 19.2 Å². The van der Waals surface area contributed by atoms with Gasteiger partial charge in [-0.3, -0.25) is 19.2 Å². The fraction of sp³-hybridized carbons (Fsp3) is 0.214. The number of aryl methyl sites for hydroxylation is 2. The number of carbonyl (C=O) groups excluding carboxylic acids is 4. The molecule has 186 valence electrons. The van der Waals surface area contributed by atoms with E-state index in [-0.39, 0.29) is 24.9 Å². The van der Waals surface area contributed by atoms with Crippen LogP contribution >= 0.6 is 0 Å². The van der Waals surface area contributed by atoms with E-state index in [0.29, 0.717) is 22.5 Å². The molecule has 0 aromatic heterocycles. The van der Waals surface area contributed by atoms with Crippen molar-refractivity contribution in [2.75, 3.05) is 23.7 Å². The Morgan fingerprint density at radius 2 is 0.917 bits per heavy atom. The Labute approximate surface area is 210 Å². The van der Waals surface area contributed by atoms with E-state index in [2.05, 4.69) is 21.3 Å². The molecule has 3 rings (SSSR count). The summed E-state index contributed by atoms with van der Waals surface area (Å²) in [5.41, 5.74) is 6.06. The largest absolute Gasteiger partial charge is 0.343 e. The van der Waals surface area contributed by atoms with Crippen molar-refractivity contribution >= 4 is 35.0 Å². The fourth-order valence-electron chi connectivity index (χ4n) is 3.46. The average molecular weight is 487 g/mol. The number of carbonyl (C=O) groups is 4. The van der Waals surface area contributed by atoms with Gasteiger partial charge in [0.15, 0.2) is 0 Å². The summed E-state index contributed by atoms with van der Waals surface area (Å²) in [4.78, 5) is 49.2. The lowest BCUT2D eigenvalue weighted by atomic mass is 10.1. The lowest BCUT2D eigenvalue weighted by Crippen LogP contribution is -2.33. The van der Waals surface area contributed by atoms with Gasteiger partial charge in [-0.15, -0.1) is 0 Å². The van der Waals surface area contributed by atoms with Crippen molar-refractivity contribution in [3.8, 4) is 0 Å². The number of amides is 4. The molecule has 0 atom stereocenters. The van der Waals surface area contributed by atoms with Gasteiger partial charge in [0.25, 0.3) is 11.8 Å². The molecule has 0 saturated heterocycles. The van der Waals surface area contributed by atoms with Crippen molar-refractivity contribution in [1.29, 1.82) is 0 Å². The summed E-state index contributed by atoms with van der Waals surface area (Å²) in [5, 5.41) is 10.7. The van der Waals surface area contributed by atoms with Gasteiger partial charge in [-0.05, 0) is 86.3 Å². The van der Waals surface area contributed by atoms with E-state index in [1.807, 2.05) is 52.0 Å². The van der Waals surface area contributed by atoms with Gasteiger partial charge in [0.1, 0.15) is 0 Å². The molecule has 3 aromatic rings. The van der Waals surface area contributed by atoms with Crippen LogP contribution in [0.2, 0.25) is 0 Å². The Kier molecular flexibility index (Phi) is 8.57. The zero-order valence-corrected chi connectivity index (χ0v) is 20.8. The second-order valence-corrected chi connectivity index (χ2v) is 8.53. The molecule has 0 radical (unpaired) electrons. The van der Waals surface area contributed by atoms with E-state index in [0.717, 1.165) is 22.3 Å². The van der Waals surface area contributed by atoms with Crippen molar-refractivity contribution in [3.63, 3.8) is 0 Å². The highest BCUT2D eigenvalue weighted by molar-refractivity contribution is 6.02. The molecule has 8 heteroatoms. The van der Waals surface area contributed by atoms with Crippen LogP contribution in [-0.2, 0) is 9.59 Å². The molecule has 0 saturated carbocycles. The SMILES string of the molecule is Cc1cccc(NC(=O)CNC(=O)c2ccc(C(=O)NCC(=O)Nc3cccc(C)c3C)cc2)c1C. The van der Waals surface area contributed by atoms with Gasteiger partial charge in [0.05, 0.1) is 13.1 Å². The molecular formula is C28H30N4O4. The van der Waals surface area contributed by atoms with Crippen LogP contribution in [0, 0.1) is 27.7 Å². The minimum atomic E-state index is -0.439. The molecule has 0 aliphatic heterocycles. The number of benzene rings is 3. The van der Waals surface area contributed by atoms with E-state index >= 15 is 0 Å². The third kappa shape index (κ3) is 6.79. The van der Waals surface area contributed by atoms with Crippen LogP contribution in [0.4, 0.5) is 11.4 Å². The zero-order valence-electron chi connectivity index (χ0n) is 20.8. The predicted molar refractivity (Wildman–Crippen MR) is 140 cm³/mol. The average Bonchev–Trinajstić information content (AvgIpc) is 2.86. The molecule has 4 amide bonds. The van der Waals surface area contributed by atoms with Crippen molar-refractivity contribution in [2.45, 2.75) is 27.7 Å². The number of rotatable bonds is 8. The summed E-state index contributed by atoms with van der Waals surface area (Å²) in [5.74, 6) is -1.56. The molecule has 0 spiro atoms. The normalized spacial score (nSPS) is 10.3. The lowest BCUT2D eigenvalue weighted by Gasteiger charge is -2.11. The molecule has 8 nitrogen and oxygen atoms in total. The second-order valence-electron chi connectivity index (χ2n) is 8.53. The first-order valence-corrected chi connectivity index (χ1v) is 11.5. The summed E-state index contributed by atoms with van der Waals surface area (Å²) in [6.07, 6.45) is 0. The molecule has 0 aliphatic carbocycles. The van der Waals surface area contributed by atoms with E-state index < -0.39 is 11.8 Å². The highest BCUT2D eigenvalue weighted by Gasteiger charge is 2.13. The Morgan fingerprint density at radius 3 is 1.28 bits per heavy atom. The molecule has 0 heterocycles. The van der Waals surface area contributed by atoms with Gasteiger partial charge in [0.2, 0.25) is 11.8 Å². The quantitative estimate of drug-likeness (QED) is 0.389. The smallest absolute Gasteiger partial charge is 0.251 e. The highest BCUT2D eigenvalue weighted by Crippen LogP contribution is 2.18. The highest BCUT2D eigenvalue weighted by atomic mass is 16.2. The van der Waals surface area contributed by atoms with Gasteiger partial charge < -0.3 is 21.3 Å². The number of hydrogen-bond donors (Lipinski definition) is 4. The van der Waals surface area contributed by atoms with Crippen LogP contribution in [-0.4, -0.2) is 36.7 Å². The first-order chi connectivity index (χ1) is 17.2. The summed E-state index contributed by atoms with van der Waals surface area (Å²) < 4.78 is 0. The molecule has 3 aromatic carbocycles. The maximum atomic E-state index is 12.4. The maximum Gasteiger partial charge on any atom is 0.251 e. The van der Waals surface area contributed by atoms with E-state index in [1.54, 1.807) is 12.1 Å². The zero-order chi connectivity index (χ0) is 26.2. The van der Waals surface area contributed by atoms with Gasteiger partial charge in [-0.2, -0.15) is 0 Å². The van der Waals surface area contributed by atoms with Crippen molar-refractivity contribution in [3.05, 3.63) is 94.0 Å². The Hall–Kier alpha value is -4.46. The molecule has 0 unspecified atom stereocenters. The second kappa shape index (κ2) is 11.8. The molecule has 0 bridgehead atoms. The van der Waals surface area contributed by atoms with Gasteiger partial charge >= 0.3 is 0 Å². The molecule has 36 heavy (non-hydrogen) atoms.